The van der Waals surface area contributed by atoms with Gasteiger partial charge in [-0.05, 0) is 17.7 Å². The molecule has 1 aromatic rings. The predicted molar refractivity (Wildman–Crippen MR) is 79.5 cm³/mol. The standard InChI is InChI=1S/C12H16FN3O.HI/c13-11-3-1-10(2-4-11)9-15-12(14)16-5-7-17-8-6-16;/h1-4H,5-9H2,(H2,14,15);1H. The summed E-state index contributed by atoms with van der Waals surface area (Å²) in [7, 11) is 0. The van der Waals surface area contributed by atoms with Crippen LogP contribution in [0.25, 0.3) is 0 Å². The molecule has 1 aromatic carbocycles. The number of nitrogens with two attached hydrogens (primary N) is 1. The third-order valence-corrected chi connectivity index (χ3v) is 2.67. The SMILES string of the molecule is I.NC(=NCc1ccc(F)cc1)N1CCOCC1. The zero-order valence-corrected chi connectivity index (χ0v) is 12.3. The first-order valence-electron chi connectivity index (χ1n) is 5.63. The number of nitrogens with zero attached hydrogens (tertiary/aromatic N) is 2. The van der Waals surface area contributed by atoms with Crippen molar-refractivity contribution < 1.29 is 9.13 Å². The van der Waals surface area contributed by atoms with Crippen molar-refractivity contribution in [1.82, 2.24) is 4.90 Å². The van der Waals surface area contributed by atoms with E-state index in [0.717, 1.165) is 18.7 Å². The molecule has 1 saturated heterocycles. The van der Waals surface area contributed by atoms with Crippen molar-refractivity contribution in [3.8, 4) is 0 Å². The second-order valence-electron chi connectivity index (χ2n) is 3.90. The fraction of sp³-hybridized carbons (Fsp3) is 0.417. The summed E-state index contributed by atoms with van der Waals surface area (Å²) in [4.78, 5) is 6.28. The largest absolute Gasteiger partial charge is 0.378 e. The van der Waals surface area contributed by atoms with E-state index in [9.17, 15) is 4.39 Å². The van der Waals surface area contributed by atoms with Crippen molar-refractivity contribution in [2.45, 2.75) is 6.54 Å². The third-order valence-electron chi connectivity index (χ3n) is 2.67. The Hall–Kier alpha value is -0.890. The van der Waals surface area contributed by atoms with Crippen molar-refractivity contribution in [3.63, 3.8) is 0 Å². The van der Waals surface area contributed by atoms with Gasteiger partial charge in [0.25, 0.3) is 0 Å². The number of guanidine groups is 1. The Morgan fingerprint density at radius 3 is 2.50 bits per heavy atom. The average Bonchev–Trinajstić information content (AvgIpc) is 2.39. The molecule has 2 rings (SSSR count). The number of morpholine rings is 1. The predicted octanol–water partition coefficient (Wildman–Crippen LogP) is 1.59. The minimum atomic E-state index is -0.237. The van der Waals surface area contributed by atoms with Gasteiger partial charge in [0, 0.05) is 13.1 Å². The first-order chi connectivity index (χ1) is 8.25. The van der Waals surface area contributed by atoms with Gasteiger partial charge in [-0.2, -0.15) is 0 Å². The molecule has 0 amide bonds. The molecule has 2 N–H and O–H groups in total. The van der Waals surface area contributed by atoms with Crippen LogP contribution in [-0.4, -0.2) is 37.2 Å². The van der Waals surface area contributed by atoms with Crippen molar-refractivity contribution in [1.29, 1.82) is 0 Å². The van der Waals surface area contributed by atoms with E-state index in [-0.39, 0.29) is 29.8 Å². The van der Waals surface area contributed by atoms with Crippen molar-refractivity contribution >= 4 is 29.9 Å². The van der Waals surface area contributed by atoms with Gasteiger partial charge >= 0.3 is 0 Å². The van der Waals surface area contributed by atoms with E-state index in [2.05, 4.69) is 4.99 Å². The molecule has 100 valence electrons. The zero-order valence-electron chi connectivity index (χ0n) is 10.0. The van der Waals surface area contributed by atoms with Crippen LogP contribution in [0.3, 0.4) is 0 Å². The van der Waals surface area contributed by atoms with Gasteiger partial charge in [0.15, 0.2) is 5.96 Å². The molecule has 0 aliphatic carbocycles. The van der Waals surface area contributed by atoms with Gasteiger partial charge < -0.3 is 15.4 Å². The molecule has 0 spiro atoms. The summed E-state index contributed by atoms with van der Waals surface area (Å²) in [5.74, 6) is 0.288. The smallest absolute Gasteiger partial charge is 0.191 e. The highest BCUT2D eigenvalue weighted by Crippen LogP contribution is 2.04. The van der Waals surface area contributed by atoms with E-state index in [0.29, 0.717) is 25.7 Å². The maximum absolute atomic E-state index is 12.7. The van der Waals surface area contributed by atoms with Crippen LogP contribution in [0.1, 0.15) is 5.56 Å². The molecular weight excluding hydrogens is 348 g/mol. The van der Waals surface area contributed by atoms with Crippen LogP contribution in [0.15, 0.2) is 29.3 Å². The Balaban J connectivity index is 0.00000162. The summed E-state index contributed by atoms with van der Waals surface area (Å²) in [6.07, 6.45) is 0. The van der Waals surface area contributed by atoms with Gasteiger partial charge in [-0.1, -0.05) is 12.1 Å². The molecule has 18 heavy (non-hydrogen) atoms. The minimum absolute atomic E-state index is 0. The fourth-order valence-corrected chi connectivity index (χ4v) is 1.65. The minimum Gasteiger partial charge on any atom is -0.378 e. The first kappa shape index (κ1) is 15.2. The van der Waals surface area contributed by atoms with Gasteiger partial charge in [0.05, 0.1) is 19.8 Å². The van der Waals surface area contributed by atoms with Crippen LogP contribution < -0.4 is 5.73 Å². The van der Waals surface area contributed by atoms with Gasteiger partial charge in [-0.25, -0.2) is 9.38 Å². The normalized spacial score (nSPS) is 16.3. The summed E-state index contributed by atoms with van der Waals surface area (Å²) in [6.45, 7) is 3.40. The molecular formula is C12H17FIN3O. The van der Waals surface area contributed by atoms with Crippen LogP contribution in [0, 0.1) is 5.82 Å². The molecule has 1 heterocycles. The lowest BCUT2D eigenvalue weighted by Gasteiger charge is -2.27. The summed E-state index contributed by atoms with van der Waals surface area (Å²) < 4.78 is 17.9. The molecule has 0 radical (unpaired) electrons. The van der Waals surface area contributed by atoms with Gasteiger partial charge in [0.1, 0.15) is 5.82 Å². The van der Waals surface area contributed by atoms with Crippen LogP contribution in [0.4, 0.5) is 4.39 Å². The Morgan fingerprint density at radius 1 is 1.28 bits per heavy atom. The molecule has 1 aliphatic rings. The molecule has 4 nitrogen and oxygen atoms in total. The van der Waals surface area contributed by atoms with E-state index in [1.165, 1.54) is 12.1 Å². The lowest BCUT2D eigenvalue weighted by Crippen LogP contribution is -2.44. The number of ether oxygens (including phenoxy) is 1. The Bertz CT molecular complexity index is 391. The molecule has 1 fully saturated rings. The molecule has 0 unspecified atom stereocenters. The van der Waals surface area contributed by atoms with E-state index in [1.54, 1.807) is 12.1 Å². The summed E-state index contributed by atoms with van der Waals surface area (Å²) in [5, 5.41) is 0. The molecule has 1 aliphatic heterocycles. The number of halogens is 2. The number of aliphatic imine (C=N–C) groups is 1. The van der Waals surface area contributed by atoms with Gasteiger partial charge in [-0.15, -0.1) is 24.0 Å². The highest BCUT2D eigenvalue weighted by Gasteiger charge is 2.11. The van der Waals surface area contributed by atoms with Crippen LogP contribution in [0.5, 0.6) is 0 Å². The lowest BCUT2D eigenvalue weighted by atomic mass is 10.2. The van der Waals surface area contributed by atoms with Gasteiger partial charge in [0.2, 0.25) is 0 Å². The highest BCUT2D eigenvalue weighted by atomic mass is 127. The second kappa shape index (κ2) is 7.52. The molecule has 6 heteroatoms. The Labute approximate surface area is 123 Å². The average molecular weight is 365 g/mol. The number of hydrogen-bond acceptors (Lipinski definition) is 2. The molecule has 0 saturated carbocycles. The third kappa shape index (κ3) is 4.41. The molecule has 0 bridgehead atoms. The number of rotatable bonds is 2. The first-order valence-corrected chi connectivity index (χ1v) is 5.63. The molecule has 0 atom stereocenters. The Morgan fingerprint density at radius 2 is 1.89 bits per heavy atom. The van der Waals surface area contributed by atoms with E-state index < -0.39 is 0 Å². The van der Waals surface area contributed by atoms with Crippen molar-refractivity contribution in [2.75, 3.05) is 26.3 Å². The van der Waals surface area contributed by atoms with Crippen LogP contribution in [0.2, 0.25) is 0 Å². The number of benzene rings is 1. The summed E-state index contributed by atoms with van der Waals surface area (Å²) in [5.41, 5.74) is 6.82. The van der Waals surface area contributed by atoms with E-state index in [1.807, 2.05) is 4.90 Å². The van der Waals surface area contributed by atoms with Gasteiger partial charge in [-0.3, -0.25) is 0 Å². The topological polar surface area (TPSA) is 50.8 Å². The monoisotopic (exact) mass is 365 g/mol. The molecule has 0 aromatic heterocycles. The fourth-order valence-electron chi connectivity index (χ4n) is 1.65. The Kier molecular flexibility index (Phi) is 6.34. The number of hydrogen-bond donors (Lipinski definition) is 1. The van der Waals surface area contributed by atoms with Crippen molar-refractivity contribution in [3.05, 3.63) is 35.6 Å². The highest BCUT2D eigenvalue weighted by molar-refractivity contribution is 14.0. The van der Waals surface area contributed by atoms with Crippen LogP contribution in [-0.2, 0) is 11.3 Å². The second-order valence-corrected chi connectivity index (χ2v) is 3.90. The quantitative estimate of drug-likeness (QED) is 0.492. The van der Waals surface area contributed by atoms with Crippen LogP contribution >= 0.6 is 24.0 Å². The summed E-state index contributed by atoms with van der Waals surface area (Å²) >= 11 is 0. The van der Waals surface area contributed by atoms with E-state index in [4.69, 9.17) is 10.5 Å². The van der Waals surface area contributed by atoms with Crippen molar-refractivity contribution in [2.24, 2.45) is 10.7 Å². The summed E-state index contributed by atoms with van der Waals surface area (Å²) in [6, 6.07) is 6.28. The maximum Gasteiger partial charge on any atom is 0.191 e. The lowest BCUT2D eigenvalue weighted by molar-refractivity contribution is 0.0674. The maximum atomic E-state index is 12.7. The van der Waals surface area contributed by atoms with E-state index >= 15 is 0 Å². The zero-order chi connectivity index (χ0) is 12.1.